The molecular formula is C3N3OS+. The van der Waals surface area contributed by atoms with Crippen molar-refractivity contribution in [1.82, 2.24) is 0 Å². The molecule has 0 aliphatic heterocycles. The van der Waals surface area contributed by atoms with Crippen molar-refractivity contribution >= 4 is 17.2 Å². The maximum atomic E-state index is 9.35. The second kappa shape index (κ2) is 3.89. The highest BCUT2D eigenvalue weighted by Crippen LogP contribution is 1.88. The first kappa shape index (κ1) is 6.71. The third-order valence-corrected chi connectivity index (χ3v) is 0.904. The van der Waals surface area contributed by atoms with Gasteiger partial charge in [0.15, 0.2) is 0 Å². The smallest absolute Gasteiger partial charge is 0.207 e. The summed E-state index contributed by atoms with van der Waals surface area (Å²) in [5, 5.41) is 18.8. The van der Waals surface area contributed by atoms with Crippen LogP contribution in [0.25, 0.3) is 0 Å². The highest BCUT2D eigenvalue weighted by Gasteiger charge is 2.16. The van der Waals surface area contributed by atoms with Crippen molar-refractivity contribution in [2.24, 2.45) is 4.40 Å². The molecule has 0 amide bonds. The highest BCUT2D eigenvalue weighted by molar-refractivity contribution is 8.04. The Hall–Kier alpha value is -1.29. The summed E-state index contributed by atoms with van der Waals surface area (Å²) in [6.45, 7) is 0. The number of nitrogens with zero attached hydrogens (tertiary/aromatic N) is 3. The number of thiocyanates is 2. The molecule has 0 N–H and O–H groups in total. The lowest BCUT2D eigenvalue weighted by Gasteiger charge is -1.57. The van der Waals surface area contributed by atoms with Crippen LogP contribution < -0.4 is 0 Å². The molecule has 0 fully saturated rings. The minimum absolute atomic E-state index is 1.11. The summed E-state index contributed by atoms with van der Waals surface area (Å²) >= 11 is -1.43. The molecule has 0 unspecified atom stereocenters. The minimum atomic E-state index is -1.43. The Morgan fingerprint density at radius 2 is 1.88 bits per heavy atom. The van der Waals surface area contributed by atoms with Crippen molar-refractivity contribution in [2.45, 2.75) is 0 Å². The van der Waals surface area contributed by atoms with Gasteiger partial charge >= 0.3 is 21.9 Å². The number of nitriles is 2. The van der Waals surface area contributed by atoms with Crippen LogP contribution in [-0.4, -0.2) is 6.08 Å². The van der Waals surface area contributed by atoms with Crippen LogP contribution in [0.1, 0.15) is 0 Å². The van der Waals surface area contributed by atoms with E-state index in [1.807, 2.05) is 0 Å². The van der Waals surface area contributed by atoms with E-state index in [2.05, 4.69) is 4.40 Å². The summed E-state index contributed by atoms with van der Waals surface area (Å²) in [6.07, 6.45) is 1.11. The zero-order valence-corrected chi connectivity index (χ0v) is 4.47. The monoisotopic (exact) mass is 126 g/mol. The van der Waals surface area contributed by atoms with Crippen LogP contribution in [0.15, 0.2) is 4.40 Å². The fourth-order valence-electron chi connectivity index (χ4n) is 0.0985. The quantitative estimate of drug-likeness (QED) is 0.211. The predicted molar refractivity (Wildman–Crippen MR) is 26.7 cm³/mol. The molecular weight excluding hydrogens is 126 g/mol. The van der Waals surface area contributed by atoms with Crippen LogP contribution in [0, 0.1) is 21.3 Å². The molecule has 0 saturated heterocycles. The summed E-state index contributed by atoms with van der Waals surface area (Å²) in [5.74, 6) is 0. The van der Waals surface area contributed by atoms with Crippen LogP contribution in [0.4, 0.5) is 0 Å². The molecule has 0 aromatic carbocycles. The van der Waals surface area contributed by atoms with E-state index in [-0.39, 0.29) is 0 Å². The predicted octanol–water partition coefficient (Wildman–Crippen LogP) is -0.182. The standard InChI is InChI=1S/C3N3OS/c4-1-8(2-5)6-3-7/q+1. The number of isocyanates is 1. The molecule has 0 spiro atoms. The Balaban J connectivity index is 4.01. The van der Waals surface area contributed by atoms with E-state index < -0.39 is 11.1 Å². The van der Waals surface area contributed by atoms with E-state index >= 15 is 0 Å². The first-order chi connectivity index (χ1) is 3.85. The van der Waals surface area contributed by atoms with Crippen LogP contribution in [0.3, 0.4) is 0 Å². The normalized spacial score (nSPS) is 6.38. The molecule has 0 aliphatic carbocycles. The van der Waals surface area contributed by atoms with E-state index in [1.165, 1.54) is 10.8 Å². The molecule has 0 bridgehead atoms. The van der Waals surface area contributed by atoms with E-state index in [4.69, 9.17) is 10.5 Å². The molecule has 8 heavy (non-hydrogen) atoms. The largest absolute Gasteiger partial charge is 0.373 e. The minimum Gasteiger partial charge on any atom is -0.207 e. The van der Waals surface area contributed by atoms with Gasteiger partial charge in [0.25, 0.3) is 6.08 Å². The third-order valence-electron chi connectivity index (χ3n) is 0.301. The molecule has 5 heteroatoms. The Bertz CT molecular complexity index is 180. The molecule has 0 radical (unpaired) electrons. The van der Waals surface area contributed by atoms with Crippen molar-refractivity contribution in [3.05, 3.63) is 0 Å². The van der Waals surface area contributed by atoms with Gasteiger partial charge in [-0.3, -0.25) is 0 Å². The van der Waals surface area contributed by atoms with Crippen molar-refractivity contribution in [2.75, 3.05) is 0 Å². The van der Waals surface area contributed by atoms with Crippen molar-refractivity contribution in [1.29, 1.82) is 10.5 Å². The van der Waals surface area contributed by atoms with Gasteiger partial charge in [0.1, 0.15) is 0 Å². The molecule has 0 saturated carbocycles. The summed E-state index contributed by atoms with van der Waals surface area (Å²) in [6, 6.07) is 0. The highest BCUT2D eigenvalue weighted by atomic mass is 32.2. The molecule has 0 heterocycles. The zero-order chi connectivity index (χ0) is 6.41. The Kier molecular flexibility index (Phi) is 3.26. The van der Waals surface area contributed by atoms with Crippen LogP contribution in [0.2, 0.25) is 0 Å². The maximum Gasteiger partial charge on any atom is 0.373 e. The average molecular weight is 126 g/mol. The van der Waals surface area contributed by atoms with Gasteiger partial charge in [-0.05, 0) is 0 Å². The van der Waals surface area contributed by atoms with Crippen molar-refractivity contribution in [3.8, 4) is 10.8 Å². The van der Waals surface area contributed by atoms with Gasteiger partial charge in [-0.15, -0.1) is 10.5 Å². The van der Waals surface area contributed by atoms with Crippen LogP contribution in [0.5, 0.6) is 0 Å². The van der Waals surface area contributed by atoms with E-state index in [9.17, 15) is 4.79 Å². The maximum absolute atomic E-state index is 9.35. The second-order valence-electron chi connectivity index (χ2n) is 0.650. The molecule has 0 aromatic rings. The lowest BCUT2D eigenvalue weighted by Crippen LogP contribution is -1.83. The van der Waals surface area contributed by atoms with Gasteiger partial charge < -0.3 is 0 Å². The molecule has 0 rings (SSSR count). The molecule has 0 aliphatic rings. The zero-order valence-electron chi connectivity index (χ0n) is 3.66. The van der Waals surface area contributed by atoms with Crippen LogP contribution in [-0.2, 0) is 15.9 Å². The van der Waals surface area contributed by atoms with Gasteiger partial charge in [-0.1, -0.05) is 0 Å². The Labute approximate surface area is 48.5 Å². The van der Waals surface area contributed by atoms with Crippen LogP contribution >= 0.6 is 0 Å². The topological polar surface area (TPSA) is 77.0 Å². The van der Waals surface area contributed by atoms with Gasteiger partial charge in [-0.2, -0.15) is 0 Å². The van der Waals surface area contributed by atoms with Crippen molar-refractivity contribution < 1.29 is 4.79 Å². The summed E-state index contributed by atoms with van der Waals surface area (Å²) in [4.78, 5) is 9.35. The second-order valence-corrected chi connectivity index (χ2v) is 1.77. The first-order valence-corrected chi connectivity index (χ1v) is 2.65. The lowest BCUT2D eigenvalue weighted by atomic mass is 11.7. The third kappa shape index (κ3) is 1.99. The molecule has 4 nitrogen and oxygen atoms in total. The van der Waals surface area contributed by atoms with Gasteiger partial charge in [0.2, 0.25) is 0 Å². The van der Waals surface area contributed by atoms with E-state index in [1.54, 1.807) is 0 Å². The molecule has 0 aromatic heterocycles. The number of hydrogen-bond acceptors (Lipinski definition) is 4. The fourth-order valence-corrected chi connectivity index (χ4v) is 0.296. The van der Waals surface area contributed by atoms with E-state index in [0.717, 1.165) is 6.08 Å². The molecule has 38 valence electrons. The SMILES string of the molecule is N#C[S+](C#N)N=C=O. The Morgan fingerprint density at radius 1 is 1.38 bits per heavy atom. The number of rotatable bonds is 1. The van der Waals surface area contributed by atoms with Gasteiger partial charge in [0, 0.05) is 0 Å². The first-order valence-electron chi connectivity index (χ1n) is 1.47. The van der Waals surface area contributed by atoms with E-state index in [0.29, 0.717) is 0 Å². The lowest BCUT2D eigenvalue weighted by molar-refractivity contribution is 0.566. The van der Waals surface area contributed by atoms with Gasteiger partial charge in [-0.25, -0.2) is 4.79 Å². The Morgan fingerprint density at radius 3 is 2.00 bits per heavy atom. The summed E-state index contributed by atoms with van der Waals surface area (Å²) in [5.41, 5.74) is 0. The van der Waals surface area contributed by atoms with Gasteiger partial charge in [0.05, 0.1) is 4.40 Å². The molecule has 0 atom stereocenters. The van der Waals surface area contributed by atoms with Crippen molar-refractivity contribution in [3.63, 3.8) is 0 Å². The number of hydrogen-bond donors (Lipinski definition) is 0. The number of carbonyl (C=O) groups excluding carboxylic acids is 1. The summed E-state index contributed by atoms with van der Waals surface area (Å²) < 4.78 is 2.86. The summed E-state index contributed by atoms with van der Waals surface area (Å²) in [7, 11) is 0. The fraction of sp³-hybridized carbons (Fsp3) is 0. The average Bonchev–Trinajstić information content (AvgIpc) is 1.83.